The van der Waals surface area contributed by atoms with Gasteiger partial charge in [-0.2, -0.15) is 0 Å². The summed E-state index contributed by atoms with van der Waals surface area (Å²) in [5.41, 5.74) is 2.37. The maximum Gasteiger partial charge on any atom is 0.123 e. The molecule has 0 aromatic heterocycles. The van der Waals surface area contributed by atoms with Gasteiger partial charge in [0.05, 0.1) is 14.2 Å². The van der Waals surface area contributed by atoms with E-state index in [1.165, 1.54) is 5.57 Å². The number of allylic oxidation sites excluding steroid dienone is 4. The van der Waals surface area contributed by atoms with Crippen molar-refractivity contribution in [2.45, 2.75) is 6.42 Å². The van der Waals surface area contributed by atoms with E-state index in [4.69, 9.17) is 9.47 Å². The van der Waals surface area contributed by atoms with Crippen LogP contribution in [0, 0.1) is 0 Å². The van der Waals surface area contributed by atoms with Gasteiger partial charge in [0.1, 0.15) is 11.5 Å². The zero-order chi connectivity index (χ0) is 10.7. The first-order chi connectivity index (χ1) is 7.33. The van der Waals surface area contributed by atoms with Crippen molar-refractivity contribution in [1.82, 2.24) is 0 Å². The molecule has 0 saturated heterocycles. The minimum Gasteiger partial charge on any atom is -0.497 e. The predicted octanol–water partition coefficient (Wildman–Crippen LogP) is 3.05. The second-order valence-corrected chi connectivity index (χ2v) is 3.40. The normalized spacial score (nSPS) is 13.9. The highest BCUT2D eigenvalue weighted by Gasteiger charge is 2.06. The average Bonchev–Trinajstić information content (AvgIpc) is 2.81. The van der Waals surface area contributed by atoms with Crippen LogP contribution in [0.4, 0.5) is 0 Å². The number of benzene rings is 1. The Labute approximate surface area is 89.8 Å². The van der Waals surface area contributed by atoms with E-state index in [0.29, 0.717) is 0 Å². The third-order valence-corrected chi connectivity index (χ3v) is 2.46. The first-order valence-corrected chi connectivity index (χ1v) is 4.93. The fraction of sp³-hybridized carbons (Fsp3) is 0.231. The van der Waals surface area contributed by atoms with Crippen LogP contribution in [0.15, 0.2) is 36.4 Å². The van der Waals surface area contributed by atoms with Crippen LogP contribution in [-0.4, -0.2) is 14.2 Å². The van der Waals surface area contributed by atoms with Crippen molar-refractivity contribution in [2.75, 3.05) is 14.2 Å². The Morgan fingerprint density at radius 2 is 1.67 bits per heavy atom. The Bertz CT molecular complexity index is 394. The summed E-state index contributed by atoms with van der Waals surface area (Å²) in [4.78, 5) is 0. The molecule has 1 aromatic carbocycles. The largest absolute Gasteiger partial charge is 0.497 e. The molecule has 1 aliphatic carbocycles. The van der Waals surface area contributed by atoms with E-state index in [1.54, 1.807) is 14.2 Å². The molecule has 1 aromatic rings. The number of rotatable bonds is 3. The van der Waals surface area contributed by atoms with E-state index in [-0.39, 0.29) is 0 Å². The van der Waals surface area contributed by atoms with E-state index in [2.05, 4.69) is 18.2 Å². The van der Waals surface area contributed by atoms with Crippen molar-refractivity contribution < 1.29 is 9.47 Å². The second kappa shape index (κ2) is 4.22. The minimum absolute atomic E-state index is 0.825. The fourth-order valence-corrected chi connectivity index (χ4v) is 1.65. The zero-order valence-electron chi connectivity index (χ0n) is 8.99. The Kier molecular flexibility index (Phi) is 2.77. The summed E-state index contributed by atoms with van der Waals surface area (Å²) in [5.74, 6) is 1.65. The van der Waals surface area contributed by atoms with Crippen molar-refractivity contribution in [3.8, 4) is 11.5 Å². The van der Waals surface area contributed by atoms with Gasteiger partial charge >= 0.3 is 0 Å². The fourth-order valence-electron chi connectivity index (χ4n) is 1.65. The maximum atomic E-state index is 5.23. The summed E-state index contributed by atoms with van der Waals surface area (Å²) < 4.78 is 10.5. The van der Waals surface area contributed by atoms with Gasteiger partial charge in [-0.1, -0.05) is 18.2 Å². The van der Waals surface area contributed by atoms with E-state index >= 15 is 0 Å². The summed E-state index contributed by atoms with van der Waals surface area (Å²) >= 11 is 0. The van der Waals surface area contributed by atoms with Gasteiger partial charge in [-0.3, -0.25) is 0 Å². The second-order valence-electron chi connectivity index (χ2n) is 3.40. The summed E-state index contributed by atoms with van der Waals surface area (Å²) in [6.07, 6.45) is 7.46. The predicted molar refractivity (Wildman–Crippen MR) is 61.3 cm³/mol. The lowest BCUT2D eigenvalue weighted by molar-refractivity contribution is 0.394. The molecule has 0 saturated carbocycles. The SMILES string of the molecule is COc1cc(OC)cc(C2=CCC=C2)c1. The van der Waals surface area contributed by atoms with Crippen LogP contribution in [-0.2, 0) is 0 Å². The first-order valence-electron chi connectivity index (χ1n) is 4.93. The van der Waals surface area contributed by atoms with Gasteiger partial charge in [0.2, 0.25) is 0 Å². The number of methoxy groups -OCH3 is 2. The van der Waals surface area contributed by atoms with E-state index < -0.39 is 0 Å². The first kappa shape index (κ1) is 9.84. The molecule has 0 bridgehead atoms. The van der Waals surface area contributed by atoms with Gasteiger partial charge < -0.3 is 9.47 Å². The molecule has 78 valence electrons. The molecule has 0 fully saturated rings. The molecule has 2 rings (SSSR count). The summed E-state index contributed by atoms with van der Waals surface area (Å²) in [7, 11) is 3.33. The molecule has 0 unspecified atom stereocenters. The molecule has 0 spiro atoms. The van der Waals surface area contributed by atoms with Crippen LogP contribution in [0.5, 0.6) is 11.5 Å². The minimum atomic E-state index is 0.825. The highest BCUT2D eigenvalue weighted by atomic mass is 16.5. The summed E-state index contributed by atoms with van der Waals surface area (Å²) in [5, 5.41) is 0. The number of ether oxygens (including phenoxy) is 2. The van der Waals surface area contributed by atoms with Crippen LogP contribution < -0.4 is 9.47 Å². The molecule has 2 nitrogen and oxygen atoms in total. The quantitative estimate of drug-likeness (QED) is 0.750. The van der Waals surface area contributed by atoms with Crippen LogP contribution in [0.2, 0.25) is 0 Å². The molecule has 15 heavy (non-hydrogen) atoms. The third-order valence-electron chi connectivity index (χ3n) is 2.46. The molecule has 0 atom stereocenters. The molecule has 0 N–H and O–H groups in total. The summed E-state index contributed by atoms with van der Waals surface area (Å²) in [6.45, 7) is 0. The molecule has 0 aliphatic heterocycles. The van der Waals surface area contributed by atoms with Gasteiger partial charge in [0.15, 0.2) is 0 Å². The highest BCUT2D eigenvalue weighted by molar-refractivity contribution is 5.77. The van der Waals surface area contributed by atoms with Crippen molar-refractivity contribution in [2.24, 2.45) is 0 Å². The van der Waals surface area contributed by atoms with Crippen molar-refractivity contribution in [3.63, 3.8) is 0 Å². The van der Waals surface area contributed by atoms with Crippen molar-refractivity contribution >= 4 is 5.57 Å². The topological polar surface area (TPSA) is 18.5 Å². The standard InChI is InChI=1S/C13H14O2/c1-14-12-7-11(8-13(9-12)15-2)10-5-3-4-6-10/h3,5-9H,4H2,1-2H3. The zero-order valence-corrected chi connectivity index (χ0v) is 8.99. The van der Waals surface area contributed by atoms with Gasteiger partial charge in [0.25, 0.3) is 0 Å². The molecule has 0 radical (unpaired) electrons. The lowest BCUT2D eigenvalue weighted by Crippen LogP contribution is -1.89. The van der Waals surface area contributed by atoms with Crippen LogP contribution in [0.1, 0.15) is 12.0 Å². The molecule has 0 amide bonds. The Morgan fingerprint density at radius 3 is 2.13 bits per heavy atom. The van der Waals surface area contributed by atoms with Crippen molar-refractivity contribution in [3.05, 3.63) is 42.0 Å². The Morgan fingerprint density at radius 1 is 1.00 bits per heavy atom. The van der Waals surface area contributed by atoms with Gasteiger partial charge in [-0.25, -0.2) is 0 Å². The number of hydrogen-bond donors (Lipinski definition) is 0. The van der Waals surface area contributed by atoms with Gasteiger partial charge in [-0.05, 0) is 29.7 Å². The lowest BCUT2D eigenvalue weighted by Gasteiger charge is -2.08. The maximum absolute atomic E-state index is 5.23. The highest BCUT2D eigenvalue weighted by Crippen LogP contribution is 2.29. The molecular weight excluding hydrogens is 188 g/mol. The van der Waals surface area contributed by atoms with E-state index in [9.17, 15) is 0 Å². The monoisotopic (exact) mass is 202 g/mol. The smallest absolute Gasteiger partial charge is 0.123 e. The van der Waals surface area contributed by atoms with Crippen LogP contribution >= 0.6 is 0 Å². The van der Waals surface area contributed by atoms with E-state index in [1.807, 2.05) is 18.2 Å². The number of hydrogen-bond acceptors (Lipinski definition) is 2. The van der Waals surface area contributed by atoms with Crippen LogP contribution in [0.25, 0.3) is 5.57 Å². The molecular formula is C13H14O2. The summed E-state index contributed by atoms with van der Waals surface area (Å²) in [6, 6.07) is 5.91. The van der Waals surface area contributed by atoms with Crippen molar-refractivity contribution in [1.29, 1.82) is 0 Å². The molecule has 0 heterocycles. The van der Waals surface area contributed by atoms with Crippen LogP contribution in [0.3, 0.4) is 0 Å². The Hall–Kier alpha value is -1.70. The van der Waals surface area contributed by atoms with E-state index in [0.717, 1.165) is 23.5 Å². The molecule has 2 heteroatoms. The van der Waals surface area contributed by atoms with Gasteiger partial charge in [0, 0.05) is 6.07 Å². The average molecular weight is 202 g/mol. The lowest BCUT2D eigenvalue weighted by atomic mass is 10.1. The van der Waals surface area contributed by atoms with Gasteiger partial charge in [-0.15, -0.1) is 0 Å². The molecule has 1 aliphatic rings. The Balaban J connectivity index is 2.42. The third kappa shape index (κ3) is 2.04.